The van der Waals surface area contributed by atoms with Crippen LogP contribution in [0.4, 0.5) is 0 Å². The smallest absolute Gasteiger partial charge is 0.0300 e. The normalized spacial score (nSPS) is 19.8. The van der Waals surface area contributed by atoms with Gasteiger partial charge in [0.1, 0.15) is 0 Å². The molecule has 0 aromatic rings. The Morgan fingerprint density at radius 2 is 1.83 bits per heavy atom. The quantitative estimate of drug-likeness (QED) is 0.601. The van der Waals surface area contributed by atoms with Crippen molar-refractivity contribution < 1.29 is 0 Å². The van der Waals surface area contributed by atoms with Crippen molar-refractivity contribution in [2.45, 2.75) is 77.2 Å². The van der Waals surface area contributed by atoms with Gasteiger partial charge >= 0.3 is 0 Å². The maximum atomic E-state index is 6.04. The van der Waals surface area contributed by atoms with E-state index in [0.29, 0.717) is 0 Å². The van der Waals surface area contributed by atoms with E-state index in [1.54, 1.807) is 0 Å². The van der Waals surface area contributed by atoms with E-state index in [0.717, 1.165) is 12.5 Å². The van der Waals surface area contributed by atoms with E-state index in [9.17, 15) is 0 Å². The predicted octanol–water partition coefficient (Wildman–Crippen LogP) is 3.80. The lowest BCUT2D eigenvalue weighted by molar-refractivity contribution is 0.0889. The van der Waals surface area contributed by atoms with Gasteiger partial charge in [-0.3, -0.25) is 4.90 Å². The summed E-state index contributed by atoms with van der Waals surface area (Å²) >= 11 is 0. The second kappa shape index (κ2) is 8.16. The predicted molar refractivity (Wildman–Crippen MR) is 80.8 cm³/mol. The highest BCUT2D eigenvalue weighted by molar-refractivity contribution is 4.87. The topological polar surface area (TPSA) is 29.3 Å². The van der Waals surface area contributed by atoms with Crippen molar-refractivity contribution >= 4 is 0 Å². The van der Waals surface area contributed by atoms with E-state index in [2.05, 4.69) is 25.8 Å². The molecule has 1 unspecified atom stereocenters. The number of hydrogen-bond acceptors (Lipinski definition) is 2. The second-order valence-corrected chi connectivity index (χ2v) is 6.54. The van der Waals surface area contributed by atoms with Crippen molar-refractivity contribution in [1.82, 2.24) is 4.90 Å². The van der Waals surface area contributed by atoms with E-state index in [1.165, 1.54) is 64.3 Å². The first-order chi connectivity index (χ1) is 8.62. The molecule has 108 valence electrons. The van der Waals surface area contributed by atoms with Crippen LogP contribution in [0.15, 0.2) is 0 Å². The van der Waals surface area contributed by atoms with Gasteiger partial charge in [-0.15, -0.1) is 0 Å². The molecule has 0 aromatic heterocycles. The molecule has 1 fully saturated rings. The number of unbranched alkanes of at least 4 members (excludes halogenated alkanes) is 4. The van der Waals surface area contributed by atoms with Crippen molar-refractivity contribution in [3.63, 3.8) is 0 Å². The summed E-state index contributed by atoms with van der Waals surface area (Å²) in [5.74, 6) is 0.945. The molecule has 18 heavy (non-hydrogen) atoms. The maximum Gasteiger partial charge on any atom is 0.0300 e. The lowest BCUT2D eigenvalue weighted by Crippen LogP contribution is -2.51. The zero-order chi connectivity index (χ0) is 13.4. The van der Waals surface area contributed by atoms with Gasteiger partial charge in [-0.25, -0.2) is 0 Å². The monoisotopic (exact) mass is 254 g/mol. The number of nitrogens with two attached hydrogens (primary N) is 1. The highest BCUT2D eigenvalue weighted by Crippen LogP contribution is 2.30. The lowest BCUT2D eigenvalue weighted by Gasteiger charge is -2.42. The molecule has 0 aromatic carbocycles. The summed E-state index contributed by atoms with van der Waals surface area (Å²) in [5, 5.41) is 0. The van der Waals surface area contributed by atoms with Crippen molar-refractivity contribution in [3.8, 4) is 0 Å². The summed E-state index contributed by atoms with van der Waals surface area (Å²) in [7, 11) is 2.28. The SMILES string of the molecule is CCCCCCCC(C)(CN)N(C)CC1CCC1. The molecule has 0 saturated heterocycles. The maximum absolute atomic E-state index is 6.04. The summed E-state index contributed by atoms with van der Waals surface area (Å²) < 4.78 is 0. The van der Waals surface area contributed by atoms with Crippen molar-refractivity contribution in [2.75, 3.05) is 20.1 Å². The van der Waals surface area contributed by atoms with Gasteiger partial charge in [-0.2, -0.15) is 0 Å². The molecule has 0 radical (unpaired) electrons. The first-order valence-corrected chi connectivity index (χ1v) is 8.03. The first-order valence-electron chi connectivity index (χ1n) is 8.03. The Hall–Kier alpha value is -0.0800. The van der Waals surface area contributed by atoms with Gasteiger partial charge in [0.15, 0.2) is 0 Å². The molecular formula is C16H34N2. The summed E-state index contributed by atoms with van der Waals surface area (Å²) in [6.45, 7) is 6.68. The van der Waals surface area contributed by atoms with E-state index >= 15 is 0 Å². The van der Waals surface area contributed by atoms with Crippen LogP contribution in [-0.4, -0.2) is 30.6 Å². The molecule has 1 saturated carbocycles. The summed E-state index contributed by atoms with van der Waals surface area (Å²) in [6, 6.07) is 0. The standard InChI is InChI=1S/C16H34N2/c1-4-5-6-7-8-12-16(2,14-17)18(3)13-15-10-9-11-15/h15H,4-14,17H2,1-3H3. The minimum absolute atomic E-state index is 0.224. The van der Waals surface area contributed by atoms with Crippen LogP contribution in [0.25, 0.3) is 0 Å². The summed E-state index contributed by atoms with van der Waals surface area (Å²) in [5.41, 5.74) is 6.27. The van der Waals surface area contributed by atoms with Crippen LogP contribution in [0.5, 0.6) is 0 Å². The molecule has 2 nitrogen and oxygen atoms in total. The zero-order valence-corrected chi connectivity index (χ0v) is 12.9. The van der Waals surface area contributed by atoms with Crippen molar-refractivity contribution in [2.24, 2.45) is 11.7 Å². The van der Waals surface area contributed by atoms with Crippen LogP contribution in [0.3, 0.4) is 0 Å². The highest BCUT2D eigenvalue weighted by Gasteiger charge is 2.30. The largest absolute Gasteiger partial charge is 0.329 e. The van der Waals surface area contributed by atoms with Gasteiger partial charge in [-0.05, 0) is 39.2 Å². The molecule has 0 spiro atoms. The minimum atomic E-state index is 0.224. The van der Waals surface area contributed by atoms with Gasteiger partial charge in [0.25, 0.3) is 0 Å². The number of nitrogens with zero attached hydrogens (tertiary/aromatic N) is 1. The molecule has 0 aliphatic heterocycles. The Balaban J connectivity index is 2.25. The molecule has 1 aliphatic carbocycles. The molecule has 1 rings (SSSR count). The molecular weight excluding hydrogens is 220 g/mol. The van der Waals surface area contributed by atoms with E-state index < -0.39 is 0 Å². The van der Waals surface area contributed by atoms with Gasteiger partial charge < -0.3 is 5.73 Å². The van der Waals surface area contributed by atoms with Crippen LogP contribution in [0, 0.1) is 5.92 Å². The van der Waals surface area contributed by atoms with Crippen LogP contribution in [0.2, 0.25) is 0 Å². The van der Waals surface area contributed by atoms with Gasteiger partial charge in [0.05, 0.1) is 0 Å². The first kappa shape index (κ1) is 16.0. The molecule has 0 bridgehead atoms. The third-order valence-electron chi connectivity index (χ3n) is 4.94. The van der Waals surface area contributed by atoms with Crippen LogP contribution in [0.1, 0.15) is 71.6 Å². The van der Waals surface area contributed by atoms with Gasteiger partial charge in [0.2, 0.25) is 0 Å². The average Bonchev–Trinajstić information content (AvgIpc) is 2.33. The van der Waals surface area contributed by atoms with Crippen LogP contribution < -0.4 is 5.73 Å². The average molecular weight is 254 g/mol. The summed E-state index contributed by atoms with van der Waals surface area (Å²) in [4.78, 5) is 2.54. The van der Waals surface area contributed by atoms with Crippen molar-refractivity contribution in [1.29, 1.82) is 0 Å². The van der Waals surface area contributed by atoms with Crippen molar-refractivity contribution in [3.05, 3.63) is 0 Å². The number of likely N-dealkylation sites (N-methyl/N-ethyl adjacent to an activating group) is 1. The van der Waals surface area contributed by atoms with E-state index in [1.807, 2.05) is 0 Å². The Morgan fingerprint density at radius 3 is 2.33 bits per heavy atom. The number of rotatable bonds is 10. The Morgan fingerprint density at radius 1 is 1.17 bits per heavy atom. The van der Waals surface area contributed by atoms with E-state index in [4.69, 9.17) is 5.73 Å². The Bertz CT molecular complexity index is 213. The molecule has 0 heterocycles. The third-order valence-corrected chi connectivity index (χ3v) is 4.94. The van der Waals surface area contributed by atoms with Crippen LogP contribution >= 0.6 is 0 Å². The fourth-order valence-corrected chi connectivity index (χ4v) is 2.84. The minimum Gasteiger partial charge on any atom is -0.329 e. The Kier molecular flexibility index (Phi) is 7.25. The molecule has 2 N–H and O–H groups in total. The Labute approximate surface area is 114 Å². The van der Waals surface area contributed by atoms with E-state index in [-0.39, 0.29) is 5.54 Å². The lowest BCUT2D eigenvalue weighted by atomic mass is 9.83. The van der Waals surface area contributed by atoms with Crippen LogP contribution in [-0.2, 0) is 0 Å². The fraction of sp³-hybridized carbons (Fsp3) is 1.00. The summed E-state index contributed by atoms with van der Waals surface area (Å²) in [6.07, 6.45) is 12.4. The molecule has 1 atom stereocenters. The highest BCUT2D eigenvalue weighted by atomic mass is 15.2. The van der Waals surface area contributed by atoms with Gasteiger partial charge in [0, 0.05) is 18.6 Å². The van der Waals surface area contributed by atoms with Gasteiger partial charge in [-0.1, -0.05) is 45.4 Å². The second-order valence-electron chi connectivity index (χ2n) is 6.54. The molecule has 0 amide bonds. The zero-order valence-electron chi connectivity index (χ0n) is 12.9. The molecule has 1 aliphatic rings. The third kappa shape index (κ3) is 4.89. The number of hydrogen-bond donors (Lipinski definition) is 1. The fourth-order valence-electron chi connectivity index (χ4n) is 2.84. The molecule has 2 heteroatoms.